The van der Waals surface area contributed by atoms with Gasteiger partial charge in [0.25, 0.3) is 0 Å². The fraction of sp³-hybridized carbons (Fsp3) is 0.800. The Hall–Kier alpha value is -1.10. The van der Waals surface area contributed by atoms with Gasteiger partial charge < -0.3 is 19.3 Å². The summed E-state index contributed by atoms with van der Waals surface area (Å²) in [5.41, 5.74) is 2.42. The van der Waals surface area contributed by atoms with Crippen LogP contribution in [0.4, 0.5) is 0 Å². The molecule has 1 rings (SSSR count). The first-order chi connectivity index (χ1) is 15.9. The molecule has 0 unspecified atom stereocenters. The molecule has 0 fully saturated rings. The summed E-state index contributed by atoms with van der Waals surface area (Å²) in [7, 11) is 0. The molecule has 0 aliphatic rings. The molecule has 0 aliphatic carbocycles. The van der Waals surface area contributed by atoms with Gasteiger partial charge in [-0.2, -0.15) is 0 Å². The largest absolute Gasteiger partial charge is 0.508 e. The van der Waals surface area contributed by atoms with Crippen molar-refractivity contribution in [2.24, 2.45) is 0 Å². The quantitative estimate of drug-likeness (QED) is 0.219. The van der Waals surface area contributed by atoms with Crippen molar-refractivity contribution in [3.8, 4) is 5.75 Å². The molecule has 0 saturated heterocycles. The van der Waals surface area contributed by atoms with Crippen LogP contribution < -0.4 is 0 Å². The van der Waals surface area contributed by atoms with E-state index in [1.807, 2.05) is 6.07 Å². The number of rotatable bonds is 18. The van der Waals surface area contributed by atoms with E-state index in [9.17, 15) is 5.11 Å². The van der Waals surface area contributed by atoms with E-state index in [0.717, 1.165) is 76.8 Å². The van der Waals surface area contributed by atoms with E-state index in [0.29, 0.717) is 12.2 Å². The van der Waals surface area contributed by atoms with Crippen LogP contribution in [0.15, 0.2) is 12.1 Å². The van der Waals surface area contributed by atoms with Gasteiger partial charge in [0.1, 0.15) is 5.75 Å². The molecule has 0 atom stereocenters. The topological polar surface area (TPSA) is 47.9 Å². The number of phenolic OH excluding ortho intramolecular Hbond substituents is 1. The lowest BCUT2D eigenvalue weighted by Gasteiger charge is -2.33. The van der Waals surface area contributed by atoms with E-state index in [1.165, 1.54) is 11.1 Å². The summed E-state index contributed by atoms with van der Waals surface area (Å²) in [5, 5.41) is 11.0. The molecule has 1 aromatic rings. The van der Waals surface area contributed by atoms with Crippen molar-refractivity contribution in [1.82, 2.24) is 0 Å². The van der Waals surface area contributed by atoms with Gasteiger partial charge in [0.2, 0.25) is 0 Å². The Morgan fingerprint density at radius 3 is 1.38 bits per heavy atom. The van der Waals surface area contributed by atoms with E-state index >= 15 is 0 Å². The molecular formula is C30H54O4. The zero-order valence-electron chi connectivity index (χ0n) is 23.8. The molecule has 0 heterocycles. The van der Waals surface area contributed by atoms with Crippen LogP contribution in [0.3, 0.4) is 0 Å². The zero-order valence-corrected chi connectivity index (χ0v) is 23.8. The fourth-order valence-corrected chi connectivity index (χ4v) is 4.25. The molecule has 0 amide bonds. The molecule has 0 aliphatic heterocycles. The Bertz CT molecular complexity index is 706. The summed E-state index contributed by atoms with van der Waals surface area (Å²) in [6, 6.07) is 3.93. The highest BCUT2D eigenvalue weighted by molar-refractivity contribution is 5.46. The van der Waals surface area contributed by atoms with Crippen LogP contribution in [0, 0.1) is 0 Å². The molecule has 198 valence electrons. The van der Waals surface area contributed by atoms with Crippen LogP contribution >= 0.6 is 0 Å². The lowest BCUT2D eigenvalue weighted by Crippen LogP contribution is -2.33. The summed E-state index contributed by atoms with van der Waals surface area (Å²) < 4.78 is 18.8. The third-order valence-electron chi connectivity index (χ3n) is 6.30. The van der Waals surface area contributed by atoms with Crippen LogP contribution in [-0.2, 0) is 33.5 Å². The molecular weight excluding hydrogens is 424 g/mol. The maximum atomic E-state index is 11.0. The third kappa shape index (κ3) is 11.6. The molecule has 0 radical (unpaired) electrons. The fourth-order valence-electron chi connectivity index (χ4n) is 4.25. The number of aromatic hydroxyl groups is 1. The summed E-state index contributed by atoms with van der Waals surface area (Å²) in [4.78, 5) is 0. The second-order valence-corrected chi connectivity index (χ2v) is 11.6. The van der Waals surface area contributed by atoms with Crippen molar-refractivity contribution in [1.29, 1.82) is 0 Å². The van der Waals surface area contributed by atoms with Crippen molar-refractivity contribution < 1.29 is 19.3 Å². The van der Waals surface area contributed by atoms with Gasteiger partial charge >= 0.3 is 0 Å². The van der Waals surface area contributed by atoms with Gasteiger partial charge in [0, 0.05) is 44.6 Å². The summed E-state index contributed by atoms with van der Waals surface area (Å²) in [6.07, 6.45) is 8.72. The molecule has 34 heavy (non-hydrogen) atoms. The first kappa shape index (κ1) is 30.9. The van der Waals surface area contributed by atoms with Crippen molar-refractivity contribution in [3.05, 3.63) is 28.8 Å². The molecule has 0 aromatic heterocycles. The maximum Gasteiger partial charge on any atom is 0.119 e. The Kier molecular flexibility index (Phi) is 13.2. The number of unbranched alkanes of at least 4 members (excludes halogenated alkanes) is 3. The van der Waals surface area contributed by atoms with Gasteiger partial charge in [-0.05, 0) is 78.0 Å². The van der Waals surface area contributed by atoms with E-state index < -0.39 is 0 Å². The summed E-state index contributed by atoms with van der Waals surface area (Å²) >= 11 is 0. The Morgan fingerprint density at radius 2 is 0.971 bits per heavy atom. The highest BCUT2D eigenvalue weighted by Crippen LogP contribution is 2.35. The van der Waals surface area contributed by atoms with Crippen molar-refractivity contribution in [3.63, 3.8) is 0 Å². The van der Waals surface area contributed by atoms with Gasteiger partial charge in [-0.25, -0.2) is 0 Å². The maximum absolute atomic E-state index is 11.0. The Balaban J connectivity index is 3.32. The van der Waals surface area contributed by atoms with Crippen molar-refractivity contribution in [2.45, 2.75) is 137 Å². The normalized spacial score (nSPS) is 13.0. The van der Waals surface area contributed by atoms with Crippen LogP contribution in [0.25, 0.3) is 0 Å². The molecule has 0 bridgehead atoms. The van der Waals surface area contributed by atoms with Crippen molar-refractivity contribution >= 4 is 0 Å². The number of hydrogen-bond donors (Lipinski definition) is 1. The van der Waals surface area contributed by atoms with E-state index in [4.69, 9.17) is 14.2 Å². The third-order valence-corrected chi connectivity index (χ3v) is 6.30. The minimum Gasteiger partial charge on any atom is -0.508 e. The van der Waals surface area contributed by atoms with E-state index in [1.54, 1.807) is 0 Å². The number of hydrogen-bond acceptors (Lipinski definition) is 4. The smallest absolute Gasteiger partial charge is 0.119 e. The Morgan fingerprint density at radius 1 is 0.588 bits per heavy atom. The lowest BCUT2D eigenvalue weighted by molar-refractivity contribution is -0.0248. The number of benzene rings is 1. The van der Waals surface area contributed by atoms with E-state index in [2.05, 4.69) is 68.4 Å². The van der Waals surface area contributed by atoms with Crippen LogP contribution in [0.2, 0.25) is 0 Å². The highest BCUT2D eigenvalue weighted by Gasteiger charge is 2.30. The number of phenols is 1. The highest BCUT2D eigenvalue weighted by atomic mass is 16.5. The molecule has 0 saturated carbocycles. The predicted molar refractivity (Wildman–Crippen MR) is 144 cm³/mol. The van der Waals surface area contributed by atoms with Crippen LogP contribution in [0.1, 0.15) is 118 Å². The van der Waals surface area contributed by atoms with Crippen molar-refractivity contribution in [2.75, 3.05) is 19.8 Å². The molecule has 4 nitrogen and oxygen atoms in total. The zero-order chi connectivity index (χ0) is 25.8. The second kappa shape index (κ2) is 14.5. The average molecular weight is 479 g/mol. The Labute approximate surface area is 210 Å². The molecule has 1 N–H and O–H groups in total. The predicted octanol–water partition coefficient (Wildman–Crippen LogP) is 7.81. The minimum atomic E-state index is -0.361. The van der Waals surface area contributed by atoms with Crippen LogP contribution in [0.5, 0.6) is 5.75 Å². The monoisotopic (exact) mass is 478 g/mol. The first-order valence-electron chi connectivity index (χ1n) is 13.6. The van der Waals surface area contributed by atoms with Gasteiger partial charge in [0.05, 0.1) is 16.8 Å². The summed E-state index contributed by atoms with van der Waals surface area (Å²) in [6.45, 7) is 21.7. The van der Waals surface area contributed by atoms with Crippen LogP contribution in [-0.4, -0.2) is 41.7 Å². The molecule has 0 spiro atoms. The summed E-state index contributed by atoms with van der Waals surface area (Å²) in [5.74, 6) is 0.347. The first-order valence-corrected chi connectivity index (χ1v) is 13.6. The van der Waals surface area contributed by atoms with Gasteiger partial charge in [-0.1, -0.05) is 46.1 Å². The van der Waals surface area contributed by atoms with Gasteiger partial charge in [-0.3, -0.25) is 0 Å². The SMILES string of the molecule is CCCCOC(C)(C)Cc1ccc(O)c(CC(C)(C)OCCCC)c1CC(C)(C)OCCCC. The average Bonchev–Trinajstić information content (AvgIpc) is 2.73. The minimum absolute atomic E-state index is 0.279. The lowest BCUT2D eigenvalue weighted by atomic mass is 9.83. The van der Waals surface area contributed by atoms with Gasteiger partial charge in [-0.15, -0.1) is 0 Å². The standard InChI is InChI=1S/C30H54O4/c1-10-13-18-32-28(4,5)21-24-16-17-27(31)26(23-30(8,9)34-20-15-12-3)25(24)22-29(6,7)33-19-14-11-2/h16-17,31H,10-15,18-23H2,1-9H3. The van der Waals surface area contributed by atoms with E-state index in [-0.39, 0.29) is 16.8 Å². The van der Waals surface area contributed by atoms with Gasteiger partial charge in [0.15, 0.2) is 0 Å². The number of ether oxygens (including phenoxy) is 3. The second-order valence-electron chi connectivity index (χ2n) is 11.6. The molecule has 1 aromatic carbocycles. The molecule has 4 heteroatoms.